The molecule has 3 heterocycles. The van der Waals surface area contributed by atoms with Crippen LogP contribution in [0.5, 0.6) is 5.75 Å². The zero-order valence-corrected chi connectivity index (χ0v) is 15.4. The van der Waals surface area contributed by atoms with Gasteiger partial charge in [0.1, 0.15) is 5.75 Å². The Morgan fingerprint density at radius 1 is 1.36 bits per heavy atom. The number of fused-ring (bicyclic) bond motifs is 1. The first-order valence-corrected chi connectivity index (χ1v) is 8.95. The van der Waals surface area contributed by atoms with E-state index in [1.165, 1.54) is 6.20 Å². The van der Waals surface area contributed by atoms with Crippen molar-refractivity contribution in [2.75, 3.05) is 37.0 Å². The number of anilines is 2. The second-order valence-electron chi connectivity index (χ2n) is 6.81. The van der Waals surface area contributed by atoms with Crippen molar-refractivity contribution in [3.63, 3.8) is 0 Å². The van der Waals surface area contributed by atoms with Gasteiger partial charge in [0.2, 0.25) is 5.91 Å². The zero-order chi connectivity index (χ0) is 19.7. The van der Waals surface area contributed by atoms with E-state index in [9.17, 15) is 9.59 Å². The number of ether oxygens (including phenoxy) is 1. The first kappa shape index (κ1) is 17.8. The lowest BCUT2D eigenvalue weighted by molar-refractivity contribution is -0.117. The number of methoxy groups -OCH3 is 1. The number of pyridine rings is 1. The van der Waals surface area contributed by atoms with Crippen LogP contribution >= 0.6 is 0 Å². The highest BCUT2D eigenvalue weighted by Gasteiger charge is 2.32. The summed E-state index contributed by atoms with van der Waals surface area (Å²) in [5, 5.41) is 11.9. The molecule has 8 nitrogen and oxygen atoms in total. The normalized spacial score (nSPS) is 15.9. The number of rotatable bonds is 4. The monoisotopic (exact) mass is 377 g/mol. The number of carbonyl (C=O) groups excluding carboxylic acids is 2. The Kier molecular flexibility index (Phi) is 4.57. The molecule has 1 N–H and O–H groups in total. The Morgan fingerprint density at radius 3 is 2.79 bits per heavy atom. The average molecular weight is 377 g/mol. The van der Waals surface area contributed by atoms with Crippen molar-refractivity contribution in [1.29, 1.82) is 5.26 Å². The van der Waals surface area contributed by atoms with Gasteiger partial charge in [-0.25, -0.2) is 4.98 Å². The molecule has 0 bridgehead atoms. The number of amides is 2. The third kappa shape index (κ3) is 3.22. The smallest absolute Gasteiger partial charge is 0.255 e. The molecule has 2 amide bonds. The Balaban J connectivity index is 1.59. The van der Waals surface area contributed by atoms with Crippen LogP contribution in [0.25, 0.3) is 0 Å². The van der Waals surface area contributed by atoms with Gasteiger partial charge in [0.05, 0.1) is 43.4 Å². The molecule has 28 heavy (non-hydrogen) atoms. The Hall–Kier alpha value is -3.60. The first-order valence-electron chi connectivity index (χ1n) is 8.95. The lowest BCUT2D eigenvalue weighted by Gasteiger charge is -2.35. The standard InChI is InChI=1S/C20H19N5O3/c1-28-16-4-2-13(3-5-16)12-25-17-6-15(8-22-19(17)23-9-18(25)26)20(27)24-10-14(7-21)11-24/h2-6,8,14H,9-12H2,1H3,(H,22,23). The van der Waals surface area contributed by atoms with Crippen LogP contribution in [-0.2, 0) is 11.3 Å². The summed E-state index contributed by atoms with van der Waals surface area (Å²) in [4.78, 5) is 32.7. The molecular formula is C20H19N5O3. The molecule has 142 valence electrons. The minimum Gasteiger partial charge on any atom is -0.497 e. The summed E-state index contributed by atoms with van der Waals surface area (Å²) in [6, 6.07) is 11.3. The van der Waals surface area contributed by atoms with Gasteiger partial charge in [-0.1, -0.05) is 12.1 Å². The number of benzene rings is 1. The Labute approximate surface area is 162 Å². The van der Waals surface area contributed by atoms with Gasteiger partial charge in [-0.3, -0.25) is 9.59 Å². The molecule has 2 aliphatic heterocycles. The van der Waals surface area contributed by atoms with E-state index in [1.54, 1.807) is 23.0 Å². The quantitative estimate of drug-likeness (QED) is 0.870. The maximum atomic E-state index is 12.6. The molecule has 1 saturated heterocycles. The van der Waals surface area contributed by atoms with E-state index in [4.69, 9.17) is 10.00 Å². The lowest BCUT2D eigenvalue weighted by Crippen LogP contribution is -2.49. The number of aromatic nitrogens is 1. The molecule has 1 fully saturated rings. The van der Waals surface area contributed by atoms with Crippen molar-refractivity contribution in [2.45, 2.75) is 6.54 Å². The fourth-order valence-corrected chi connectivity index (χ4v) is 3.30. The molecule has 1 aromatic heterocycles. The topological polar surface area (TPSA) is 98.6 Å². The first-order chi connectivity index (χ1) is 13.6. The van der Waals surface area contributed by atoms with Crippen molar-refractivity contribution < 1.29 is 14.3 Å². The highest BCUT2D eigenvalue weighted by Crippen LogP contribution is 2.31. The van der Waals surface area contributed by atoms with E-state index < -0.39 is 0 Å². The summed E-state index contributed by atoms with van der Waals surface area (Å²) >= 11 is 0. The van der Waals surface area contributed by atoms with Gasteiger partial charge in [0.15, 0.2) is 5.82 Å². The van der Waals surface area contributed by atoms with Gasteiger partial charge in [-0.2, -0.15) is 5.26 Å². The number of hydrogen-bond donors (Lipinski definition) is 1. The zero-order valence-electron chi connectivity index (χ0n) is 15.4. The van der Waals surface area contributed by atoms with E-state index >= 15 is 0 Å². The molecule has 2 aromatic rings. The summed E-state index contributed by atoms with van der Waals surface area (Å²) in [5.41, 5.74) is 1.93. The summed E-state index contributed by atoms with van der Waals surface area (Å²) < 4.78 is 5.17. The molecule has 2 aliphatic rings. The van der Waals surface area contributed by atoms with Gasteiger partial charge >= 0.3 is 0 Å². The molecule has 0 atom stereocenters. The van der Waals surface area contributed by atoms with Crippen LogP contribution in [0.15, 0.2) is 36.5 Å². The second kappa shape index (κ2) is 7.19. The minimum atomic E-state index is -0.177. The fraction of sp³-hybridized carbons (Fsp3) is 0.300. The second-order valence-corrected chi connectivity index (χ2v) is 6.81. The van der Waals surface area contributed by atoms with E-state index in [0.29, 0.717) is 36.7 Å². The molecule has 8 heteroatoms. The third-order valence-electron chi connectivity index (χ3n) is 4.96. The van der Waals surface area contributed by atoms with E-state index in [-0.39, 0.29) is 24.3 Å². The summed E-state index contributed by atoms with van der Waals surface area (Å²) in [5.74, 6) is 0.940. The fourth-order valence-electron chi connectivity index (χ4n) is 3.30. The van der Waals surface area contributed by atoms with Crippen molar-refractivity contribution >= 4 is 23.3 Å². The highest BCUT2D eigenvalue weighted by molar-refractivity contribution is 6.04. The molecule has 0 spiro atoms. The molecule has 0 aliphatic carbocycles. The molecular weight excluding hydrogens is 358 g/mol. The van der Waals surface area contributed by atoms with Gasteiger partial charge in [-0.15, -0.1) is 0 Å². The molecule has 0 unspecified atom stereocenters. The van der Waals surface area contributed by atoms with Gasteiger partial charge in [0, 0.05) is 19.3 Å². The largest absolute Gasteiger partial charge is 0.497 e. The van der Waals surface area contributed by atoms with Crippen LogP contribution in [0.2, 0.25) is 0 Å². The Bertz CT molecular complexity index is 961. The van der Waals surface area contributed by atoms with Crippen LogP contribution in [0.1, 0.15) is 15.9 Å². The van der Waals surface area contributed by atoms with Crippen molar-refractivity contribution in [2.24, 2.45) is 5.92 Å². The van der Waals surface area contributed by atoms with Gasteiger partial charge in [-0.05, 0) is 23.8 Å². The number of likely N-dealkylation sites (tertiary alicyclic amines) is 1. The van der Waals surface area contributed by atoms with Gasteiger partial charge in [0.25, 0.3) is 5.91 Å². The lowest BCUT2D eigenvalue weighted by atomic mass is 10.0. The third-order valence-corrected chi connectivity index (χ3v) is 4.96. The Morgan fingerprint density at radius 2 is 2.11 bits per heavy atom. The summed E-state index contributed by atoms with van der Waals surface area (Å²) in [6.07, 6.45) is 1.51. The van der Waals surface area contributed by atoms with Gasteiger partial charge < -0.3 is 19.9 Å². The number of nitrogens with one attached hydrogen (secondary N) is 1. The predicted octanol–water partition coefficient (Wildman–Crippen LogP) is 1.64. The van der Waals surface area contributed by atoms with E-state index in [0.717, 1.165) is 11.3 Å². The number of nitrogens with zero attached hydrogens (tertiary/aromatic N) is 4. The molecule has 0 radical (unpaired) electrons. The minimum absolute atomic E-state index is 0.0942. The highest BCUT2D eigenvalue weighted by atomic mass is 16.5. The molecule has 0 saturated carbocycles. The van der Waals surface area contributed by atoms with Crippen molar-refractivity contribution in [1.82, 2.24) is 9.88 Å². The summed E-state index contributed by atoms with van der Waals surface area (Å²) in [6.45, 7) is 1.38. The van der Waals surface area contributed by atoms with Crippen LogP contribution in [-0.4, -0.2) is 48.4 Å². The van der Waals surface area contributed by atoms with E-state index in [1.807, 2.05) is 24.3 Å². The van der Waals surface area contributed by atoms with E-state index in [2.05, 4.69) is 16.4 Å². The van der Waals surface area contributed by atoms with Crippen LogP contribution < -0.4 is 15.0 Å². The maximum absolute atomic E-state index is 12.6. The number of hydrogen-bond acceptors (Lipinski definition) is 6. The van der Waals surface area contributed by atoms with Crippen molar-refractivity contribution in [3.05, 3.63) is 47.7 Å². The van der Waals surface area contributed by atoms with Crippen LogP contribution in [0.4, 0.5) is 11.5 Å². The summed E-state index contributed by atoms with van der Waals surface area (Å²) in [7, 11) is 1.60. The predicted molar refractivity (Wildman–Crippen MR) is 102 cm³/mol. The number of nitriles is 1. The molecule has 4 rings (SSSR count). The molecule has 1 aromatic carbocycles. The van der Waals surface area contributed by atoms with Crippen LogP contribution in [0, 0.1) is 17.2 Å². The SMILES string of the molecule is COc1ccc(CN2C(=O)CNc3ncc(C(=O)N4CC(C#N)C4)cc32)cc1. The number of carbonyl (C=O) groups is 2. The average Bonchev–Trinajstić information content (AvgIpc) is 2.69. The van der Waals surface area contributed by atoms with Crippen molar-refractivity contribution in [3.8, 4) is 11.8 Å². The maximum Gasteiger partial charge on any atom is 0.255 e. The van der Waals surface area contributed by atoms with Crippen LogP contribution in [0.3, 0.4) is 0 Å².